The van der Waals surface area contributed by atoms with Gasteiger partial charge in [0.25, 0.3) is 11.6 Å². The van der Waals surface area contributed by atoms with Crippen molar-refractivity contribution in [1.82, 2.24) is 5.32 Å². The molecule has 21 heavy (non-hydrogen) atoms. The fourth-order valence-corrected chi connectivity index (χ4v) is 3.54. The first-order valence-corrected chi connectivity index (χ1v) is 8.12. The van der Waals surface area contributed by atoms with Crippen LogP contribution in [0.4, 0.5) is 11.4 Å². The Bertz CT molecular complexity index is 581. The first-order valence-electron chi connectivity index (χ1n) is 6.63. The predicted octanol–water partition coefficient (Wildman–Crippen LogP) is 1.28. The van der Waals surface area contributed by atoms with E-state index in [1.54, 1.807) is 13.1 Å². The second-order valence-electron chi connectivity index (χ2n) is 4.83. The van der Waals surface area contributed by atoms with Crippen LogP contribution in [0.5, 0.6) is 0 Å². The van der Waals surface area contributed by atoms with Gasteiger partial charge in [-0.3, -0.25) is 19.1 Å². The van der Waals surface area contributed by atoms with Gasteiger partial charge < -0.3 is 10.6 Å². The number of rotatable bonds is 4. The highest BCUT2D eigenvalue weighted by Gasteiger charge is 2.22. The smallest absolute Gasteiger partial charge is 0.293 e. The van der Waals surface area contributed by atoms with E-state index in [0.717, 1.165) is 0 Å². The van der Waals surface area contributed by atoms with Crippen molar-refractivity contribution in [3.05, 3.63) is 33.9 Å². The Kier molecular flexibility index (Phi) is 4.89. The van der Waals surface area contributed by atoms with Gasteiger partial charge in [0.05, 0.1) is 4.92 Å². The molecule has 1 saturated heterocycles. The van der Waals surface area contributed by atoms with Crippen LogP contribution < -0.4 is 10.6 Å². The van der Waals surface area contributed by atoms with Crippen LogP contribution in [-0.4, -0.2) is 39.6 Å². The molecule has 1 aromatic rings. The fourth-order valence-electron chi connectivity index (χ4n) is 2.24. The number of nitrogens with zero attached hydrogens (tertiary/aromatic N) is 1. The van der Waals surface area contributed by atoms with Crippen molar-refractivity contribution in [3.8, 4) is 0 Å². The maximum atomic E-state index is 12.1. The zero-order valence-corrected chi connectivity index (χ0v) is 12.4. The van der Waals surface area contributed by atoms with Crippen LogP contribution in [-0.2, 0) is 10.8 Å². The number of nitro benzene ring substituents is 1. The van der Waals surface area contributed by atoms with Gasteiger partial charge in [0.15, 0.2) is 0 Å². The lowest BCUT2D eigenvalue weighted by atomic mass is 10.1. The van der Waals surface area contributed by atoms with E-state index < -0.39 is 15.7 Å². The summed E-state index contributed by atoms with van der Waals surface area (Å²) in [7, 11) is 0.804. The average molecular weight is 311 g/mol. The molecule has 0 aliphatic carbocycles. The van der Waals surface area contributed by atoms with Crippen LogP contribution >= 0.6 is 0 Å². The SMILES string of the molecule is CNc1ccc(C(=O)NC2CCS(=O)CC2)cc1[N+](=O)[O-]. The number of benzene rings is 1. The molecule has 7 nitrogen and oxygen atoms in total. The summed E-state index contributed by atoms with van der Waals surface area (Å²) in [6.07, 6.45) is 1.35. The van der Waals surface area contributed by atoms with E-state index in [9.17, 15) is 19.1 Å². The van der Waals surface area contributed by atoms with Crippen molar-refractivity contribution in [1.29, 1.82) is 0 Å². The molecule has 0 radical (unpaired) electrons. The Hall–Kier alpha value is -1.96. The number of nitro groups is 1. The summed E-state index contributed by atoms with van der Waals surface area (Å²) in [6.45, 7) is 0. The predicted molar refractivity (Wildman–Crippen MR) is 81.0 cm³/mol. The third-order valence-corrected chi connectivity index (χ3v) is 4.83. The highest BCUT2D eigenvalue weighted by molar-refractivity contribution is 7.85. The molecule has 0 bridgehead atoms. The van der Waals surface area contributed by atoms with Crippen LogP contribution in [0.25, 0.3) is 0 Å². The number of anilines is 1. The van der Waals surface area contributed by atoms with E-state index >= 15 is 0 Å². The molecule has 1 heterocycles. The number of hydrogen-bond acceptors (Lipinski definition) is 5. The monoisotopic (exact) mass is 311 g/mol. The van der Waals surface area contributed by atoms with Gasteiger partial charge in [0.2, 0.25) is 0 Å². The van der Waals surface area contributed by atoms with Crippen LogP contribution in [0.15, 0.2) is 18.2 Å². The van der Waals surface area contributed by atoms with Crippen molar-refractivity contribution in [2.24, 2.45) is 0 Å². The Morgan fingerprint density at radius 2 is 2.05 bits per heavy atom. The minimum absolute atomic E-state index is 0.0155. The third-order valence-electron chi connectivity index (χ3n) is 3.45. The van der Waals surface area contributed by atoms with Crippen LogP contribution in [0, 0.1) is 10.1 Å². The molecule has 1 aliphatic rings. The lowest BCUT2D eigenvalue weighted by Gasteiger charge is -2.22. The van der Waals surface area contributed by atoms with E-state index in [1.807, 2.05) is 0 Å². The van der Waals surface area contributed by atoms with Crippen molar-refractivity contribution in [2.75, 3.05) is 23.9 Å². The minimum Gasteiger partial charge on any atom is -0.383 e. The highest BCUT2D eigenvalue weighted by atomic mass is 32.2. The molecule has 0 unspecified atom stereocenters. The van der Waals surface area contributed by atoms with Gasteiger partial charge in [-0.15, -0.1) is 0 Å². The van der Waals surface area contributed by atoms with Gasteiger partial charge in [-0.2, -0.15) is 0 Å². The molecule has 114 valence electrons. The van der Waals surface area contributed by atoms with Gasteiger partial charge in [0, 0.05) is 47.0 Å². The van der Waals surface area contributed by atoms with E-state index in [2.05, 4.69) is 10.6 Å². The highest BCUT2D eigenvalue weighted by Crippen LogP contribution is 2.25. The summed E-state index contributed by atoms with van der Waals surface area (Å²) in [5.74, 6) is 0.839. The Labute approximate surface area is 124 Å². The molecule has 1 fully saturated rings. The van der Waals surface area contributed by atoms with E-state index in [-0.39, 0.29) is 23.2 Å². The van der Waals surface area contributed by atoms with Crippen molar-refractivity contribution >= 4 is 28.1 Å². The van der Waals surface area contributed by atoms with Crippen LogP contribution in [0.1, 0.15) is 23.2 Å². The first-order chi connectivity index (χ1) is 10.0. The van der Waals surface area contributed by atoms with Gasteiger partial charge in [-0.25, -0.2) is 0 Å². The van der Waals surface area contributed by atoms with E-state index in [4.69, 9.17) is 0 Å². The molecule has 2 rings (SSSR count). The molecular formula is C13H17N3O4S. The van der Waals surface area contributed by atoms with Crippen LogP contribution in [0.3, 0.4) is 0 Å². The summed E-state index contributed by atoms with van der Waals surface area (Å²) >= 11 is 0. The lowest BCUT2D eigenvalue weighted by molar-refractivity contribution is -0.384. The zero-order chi connectivity index (χ0) is 15.4. The normalized spacial score (nSPS) is 21.6. The maximum Gasteiger partial charge on any atom is 0.293 e. The number of carbonyl (C=O) groups is 1. The quantitative estimate of drug-likeness (QED) is 0.644. The van der Waals surface area contributed by atoms with Crippen molar-refractivity contribution < 1.29 is 13.9 Å². The number of hydrogen-bond donors (Lipinski definition) is 2. The summed E-state index contributed by atoms with van der Waals surface area (Å²) in [4.78, 5) is 22.6. The third kappa shape index (κ3) is 3.78. The molecule has 8 heteroatoms. The standard InChI is InChI=1S/C13H17N3O4S/c1-14-11-3-2-9(8-12(11)16(18)19)13(17)15-10-4-6-21(20)7-5-10/h2-3,8,10,14H,4-7H2,1H3,(H,15,17). The van der Waals surface area contributed by atoms with Gasteiger partial charge in [-0.1, -0.05) is 0 Å². The largest absolute Gasteiger partial charge is 0.383 e. The topological polar surface area (TPSA) is 101 Å². The Morgan fingerprint density at radius 1 is 1.38 bits per heavy atom. The van der Waals surface area contributed by atoms with Gasteiger partial charge in [-0.05, 0) is 25.0 Å². The lowest BCUT2D eigenvalue weighted by Crippen LogP contribution is -2.39. The molecule has 0 spiro atoms. The molecule has 1 aliphatic heterocycles. The molecule has 0 atom stereocenters. The molecule has 1 aromatic carbocycles. The van der Waals surface area contributed by atoms with Gasteiger partial charge in [0.1, 0.15) is 5.69 Å². The van der Waals surface area contributed by atoms with Crippen molar-refractivity contribution in [2.45, 2.75) is 18.9 Å². The summed E-state index contributed by atoms with van der Waals surface area (Å²) in [5, 5.41) is 16.5. The Morgan fingerprint density at radius 3 is 2.62 bits per heavy atom. The minimum atomic E-state index is -0.783. The summed E-state index contributed by atoms with van der Waals surface area (Å²) in [6, 6.07) is 4.32. The summed E-state index contributed by atoms with van der Waals surface area (Å²) in [5.41, 5.74) is 0.493. The van der Waals surface area contributed by atoms with Crippen LogP contribution in [0.2, 0.25) is 0 Å². The molecule has 1 amide bonds. The number of carbonyl (C=O) groups excluding carboxylic acids is 1. The molecule has 2 N–H and O–H groups in total. The second-order valence-corrected chi connectivity index (χ2v) is 6.53. The average Bonchev–Trinajstić information content (AvgIpc) is 2.48. The Balaban J connectivity index is 2.10. The molecule has 0 aromatic heterocycles. The zero-order valence-electron chi connectivity index (χ0n) is 11.6. The first kappa shape index (κ1) is 15.4. The molecule has 0 saturated carbocycles. The fraction of sp³-hybridized carbons (Fsp3) is 0.462. The van der Waals surface area contributed by atoms with Crippen molar-refractivity contribution in [3.63, 3.8) is 0 Å². The van der Waals surface area contributed by atoms with E-state index in [1.165, 1.54) is 12.1 Å². The maximum absolute atomic E-state index is 12.1. The van der Waals surface area contributed by atoms with Gasteiger partial charge >= 0.3 is 0 Å². The summed E-state index contributed by atoms with van der Waals surface area (Å²) < 4.78 is 11.3. The second kappa shape index (κ2) is 6.66. The number of amides is 1. The molecular weight excluding hydrogens is 294 g/mol. The van der Waals surface area contributed by atoms with E-state index in [0.29, 0.717) is 30.0 Å². The number of nitrogens with one attached hydrogen (secondary N) is 2.